The van der Waals surface area contributed by atoms with Gasteiger partial charge in [-0.1, -0.05) is 28.3 Å². The largest absolute Gasteiger partial charge is 0.494 e. The Morgan fingerprint density at radius 1 is 1.21 bits per heavy atom. The van der Waals surface area contributed by atoms with E-state index in [-0.39, 0.29) is 22.9 Å². The smallest absolute Gasteiger partial charge is 0.322 e. The van der Waals surface area contributed by atoms with E-state index in [4.69, 9.17) is 9.15 Å². The first kappa shape index (κ1) is 25.3. The predicted octanol–water partition coefficient (Wildman–Crippen LogP) is 5.62. The lowest BCUT2D eigenvalue weighted by atomic mass is 9.97. The summed E-state index contributed by atoms with van der Waals surface area (Å²) in [6.45, 7) is 1.67. The van der Waals surface area contributed by atoms with Gasteiger partial charge in [0.2, 0.25) is 5.89 Å². The molecule has 9 nitrogen and oxygen atoms in total. The lowest BCUT2D eigenvalue weighted by Gasteiger charge is -2.19. The molecule has 0 bridgehead atoms. The van der Waals surface area contributed by atoms with Crippen LogP contribution in [0.4, 0.5) is 25.6 Å². The van der Waals surface area contributed by atoms with Gasteiger partial charge < -0.3 is 9.15 Å². The number of hydrogen-bond donors (Lipinski definition) is 1. The van der Waals surface area contributed by atoms with Crippen LogP contribution < -0.4 is 15.0 Å². The Bertz CT molecular complexity index is 1550. The fourth-order valence-electron chi connectivity index (χ4n) is 3.60. The average Bonchev–Trinajstić information content (AvgIpc) is 3.48. The van der Waals surface area contributed by atoms with Gasteiger partial charge in [-0.05, 0) is 37.1 Å². The molecule has 0 radical (unpaired) electrons. The minimum Gasteiger partial charge on any atom is -0.494 e. The molecule has 1 saturated carbocycles. The zero-order valence-corrected chi connectivity index (χ0v) is 21.5. The van der Waals surface area contributed by atoms with Crippen molar-refractivity contribution in [3.63, 3.8) is 0 Å². The molecule has 0 spiro atoms. The molecule has 1 aliphatic rings. The summed E-state index contributed by atoms with van der Waals surface area (Å²) in [7, 11) is 3.11. The number of alkyl halides is 2. The summed E-state index contributed by atoms with van der Waals surface area (Å²) in [6, 6.07) is 6.38. The van der Waals surface area contributed by atoms with Gasteiger partial charge in [0.1, 0.15) is 11.4 Å². The molecule has 1 aromatic carbocycles. The number of ether oxygens (including phenoxy) is 1. The third-order valence-corrected chi connectivity index (χ3v) is 6.59. The summed E-state index contributed by atoms with van der Waals surface area (Å²) >= 11 is 1.26. The standard InChI is InChI=1S/C26H22F2N6O3S/c1-14-32-33-26(37-14)34(2)16-7-9-18(19(10-16)20-11-21(23(27)28)29-13-22(20)36-3)24(35)31-25-30-12-17(38-25)8-6-15-4-5-15/h7,9-13,15,23H,4-5H2,1-3H3,(H,30,31,35). The second-order valence-electron chi connectivity index (χ2n) is 8.53. The lowest BCUT2D eigenvalue weighted by Crippen LogP contribution is -2.15. The molecule has 1 aliphatic carbocycles. The number of methoxy groups -OCH3 is 1. The first-order chi connectivity index (χ1) is 18.3. The van der Waals surface area contributed by atoms with Gasteiger partial charge >= 0.3 is 6.01 Å². The highest BCUT2D eigenvalue weighted by molar-refractivity contribution is 7.16. The van der Waals surface area contributed by atoms with E-state index < -0.39 is 18.0 Å². The number of nitrogens with one attached hydrogen (secondary N) is 1. The maximum absolute atomic E-state index is 13.6. The van der Waals surface area contributed by atoms with Crippen molar-refractivity contribution in [3.8, 4) is 28.7 Å². The fourth-order valence-corrected chi connectivity index (χ4v) is 4.27. The Morgan fingerprint density at radius 3 is 2.71 bits per heavy atom. The van der Waals surface area contributed by atoms with Gasteiger partial charge in [0, 0.05) is 42.3 Å². The summed E-state index contributed by atoms with van der Waals surface area (Å²) in [4.78, 5) is 23.8. The van der Waals surface area contributed by atoms with Crippen LogP contribution in [-0.4, -0.2) is 40.2 Å². The van der Waals surface area contributed by atoms with Gasteiger partial charge in [-0.2, -0.15) is 0 Å². The summed E-state index contributed by atoms with van der Waals surface area (Å²) in [6.07, 6.45) is 2.24. The Kier molecular flexibility index (Phi) is 7.02. The maximum atomic E-state index is 13.6. The second kappa shape index (κ2) is 10.5. The van der Waals surface area contributed by atoms with E-state index in [2.05, 4.69) is 37.3 Å². The molecular formula is C26H22F2N6O3S. The van der Waals surface area contributed by atoms with Gasteiger partial charge in [0.15, 0.2) is 5.13 Å². The molecule has 3 aromatic heterocycles. The monoisotopic (exact) mass is 536 g/mol. The molecule has 5 rings (SSSR count). The topological polar surface area (TPSA) is 106 Å². The van der Waals surface area contributed by atoms with Gasteiger partial charge in [-0.15, -0.1) is 5.10 Å². The third-order valence-electron chi connectivity index (χ3n) is 5.76. The molecule has 1 amide bonds. The second-order valence-corrected chi connectivity index (χ2v) is 9.56. The van der Waals surface area contributed by atoms with Crippen LogP contribution in [0.25, 0.3) is 11.1 Å². The number of anilines is 3. The molecule has 0 atom stereocenters. The molecule has 4 aromatic rings. The number of aromatic nitrogens is 4. The number of rotatable bonds is 7. The quantitative estimate of drug-likeness (QED) is 0.303. The van der Waals surface area contributed by atoms with E-state index >= 15 is 0 Å². The van der Waals surface area contributed by atoms with Gasteiger partial charge in [0.05, 0.1) is 24.4 Å². The SMILES string of the molecule is COc1cnc(C(F)F)cc1-c1cc(N(C)c2nnc(C)o2)ccc1C(=O)Nc1ncc(C#CC2CC2)s1. The Balaban J connectivity index is 1.54. The van der Waals surface area contributed by atoms with Crippen molar-refractivity contribution in [2.24, 2.45) is 5.92 Å². The highest BCUT2D eigenvalue weighted by Crippen LogP contribution is 2.38. The first-order valence-corrected chi connectivity index (χ1v) is 12.4. The highest BCUT2D eigenvalue weighted by Gasteiger charge is 2.23. The van der Waals surface area contributed by atoms with Crippen LogP contribution in [0.5, 0.6) is 5.75 Å². The third kappa shape index (κ3) is 5.47. The fraction of sp³-hybridized carbons (Fsp3) is 0.269. The van der Waals surface area contributed by atoms with Crippen molar-refractivity contribution in [1.29, 1.82) is 0 Å². The summed E-state index contributed by atoms with van der Waals surface area (Å²) in [5.74, 6) is 6.82. The van der Waals surface area contributed by atoms with Crippen molar-refractivity contribution in [3.05, 3.63) is 58.7 Å². The Hall–Kier alpha value is -4.37. The van der Waals surface area contributed by atoms with Crippen LogP contribution >= 0.6 is 11.3 Å². The summed E-state index contributed by atoms with van der Waals surface area (Å²) in [5, 5.41) is 11.0. The minimum absolute atomic E-state index is 0.217. The van der Waals surface area contributed by atoms with E-state index in [1.807, 2.05) is 0 Å². The van der Waals surface area contributed by atoms with Crippen molar-refractivity contribution >= 4 is 34.1 Å². The van der Waals surface area contributed by atoms with Crippen LogP contribution in [-0.2, 0) is 0 Å². The number of carbonyl (C=O) groups is 1. The van der Waals surface area contributed by atoms with Crippen LogP contribution in [0.2, 0.25) is 0 Å². The molecule has 0 unspecified atom stereocenters. The van der Waals surface area contributed by atoms with Gasteiger partial charge in [0.25, 0.3) is 12.3 Å². The number of benzene rings is 1. The average molecular weight is 537 g/mol. The zero-order chi connectivity index (χ0) is 26.8. The molecule has 0 saturated heterocycles. The van der Waals surface area contributed by atoms with Crippen LogP contribution in [0.1, 0.15) is 46.1 Å². The molecule has 1 fully saturated rings. The van der Waals surface area contributed by atoms with Crippen molar-refractivity contribution in [2.75, 3.05) is 24.4 Å². The summed E-state index contributed by atoms with van der Waals surface area (Å²) < 4.78 is 38.0. The maximum Gasteiger partial charge on any atom is 0.322 e. The van der Waals surface area contributed by atoms with Crippen molar-refractivity contribution in [1.82, 2.24) is 20.2 Å². The summed E-state index contributed by atoms with van der Waals surface area (Å²) in [5.41, 5.74) is 0.959. The zero-order valence-electron chi connectivity index (χ0n) is 20.7. The van der Waals surface area contributed by atoms with E-state index in [1.54, 1.807) is 43.3 Å². The number of nitrogens with zero attached hydrogens (tertiary/aromatic N) is 5. The number of pyridine rings is 1. The first-order valence-electron chi connectivity index (χ1n) is 11.6. The number of thiazole rings is 1. The van der Waals surface area contributed by atoms with Gasteiger partial charge in [-0.25, -0.2) is 13.8 Å². The van der Waals surface area contributed by atoms with Crippen LogP contribution in [0, 0.1) is 24.7 Å². The predicted molar refractivity (Wildman–Crippen MR) is 138 cm³/mol. The molecular weight excluding hydrogens is 514 g/mol. The van der Waals surface area contributed by atoms with Gasteiger partial charge in [-0.3, -0.25) is 20.0 Å². The number of hydrogen-bond acceptors (Lipinski definition) is 9. The molecule has 38 heavy (non-hydrogen) atoms. The lowest BCUT2D eigenvalue weighted by molar-refractivity contribution is 0.102. The number of aryl methyl sites for hydroxylation is 1. The molecule has 0 aliphatic heterocycles. The normalized spacial score (nSPS) is 12.7. The Morgan fingerprint density at radius 2 is 2.03 bits per heavy atom. The molecule has 12 heteroatoms. The van der Waals surface area contributed by atoms with Crippen LogP contribution in [0.15, 0.2) is 41.1 Å². The molecule has 194 valence electrons. The Labute approximate surface area is 220 Å². The van der Waals surface area contributed by atoms with E-state index in [1.165, 1.54) is 30.7 Å². The highest BCUT2D eigenvalue weighted by atomic mass is 32.1. The number of halogens is 2. The molecule has 3 heterocycles. The van der Waals surface area contributed by atoms with E-state index in [9.17, 15) is 13.6 Å². The minimum atomic E-state index is -2.81. The van der Waals surface area contributed by atoms with Crippen molar-refractivity contribution < 1.29 is 22.7 Å². The molecule has 1 N–H and O–H groups in total. The van der Waals surface area contributed by atoms with E-state index in [0.717, 1.165) is 17.7 Å². The van der Waals surface area contributed by atoms with Crippen LogP contribution in [0.3, 0.4) is 0 Å². The number of carbonyl (C=O) groups excluding carboxylic acids is 1. The van der Waals surface area contributed by atoms with E-state index in [0.29, 0.717) is 28.2 Å². The van der Waals surface area contributed by atoms with Crippen molar-refractivity contribution in [2.45, 2.75) is 26.2 Å². The number of amides is 1.